The van der Waals surface area contributed by atoms with Crippen LogP contribution in [0.5, 0.6) is 0 Å². The smallest absolute Gasteiger partial charge is 0.255 e. The van der Waals surface area contributed by atoms with Gasteiger partial charge in [0.2, 0.25) is 0 Å². The molecule has 0 saturated carbocycles. The molecule has 2 aromatic rings. The number of hydrogen-bond donors (Lipinski definition) is 1. The molecule has 122 valence electrons. The van der Waals surface area contributed by atoms with Gasteiger partial charge < -0.3 is 10.2 Å². The Bertz CT molecular complexity index is 694. The lowest BCUT2D eigenvalue weighted by Crippen LogP contribution is -2.36. The number of likely N-dealkylation sites (tertiary alicyclic amines) is 1. The molecule has 0 unspecified atom stereocenters. The van der Waals surface area contributed by atoms with Crippen molar-refractivity contribution in [1.29, 1.82) is 0 Å². The maximum absolute atomic E-state index is 12.8. The van der Waals surface area contributed by atoms with E-state index in [0.29, 0.717) is 17.1 Å². The number of aromatic nitrogens is 3. The fourth-order valence-electron chi connectivity index (χ4n) is 2.77. The number of anilines is 1. The number of rotatable bonds is 4. The Morgan fingerprint density at radius 3 is 2.78 bits per heavy atom. The zero-order valence-electron chi connectivity index (χ0n) is 13.1. The lowest BCUT2D eigenvalue weighted by molar-refractivity contribution is 0.0725. The molecule has 3 rings (SSSR count). The number of amides is 1. The van der Waals surface area contributed by atoms with Crippen LogP contribution in [-0.4, -0.2) is 38.7 Å². The van der Waals surface area contributed by atoms with Crippen LogP contribution in [-0.2, 0) is 13.6 Å². The summed E-state index contributed by atoms with van der Waals surface area (Å²) >= 11 is 6.10. The van der Waals surface area contributed by atoms with Crippen molar-refractivity contribution in [1.82, 2.24) is 19.7 Å². The molecule has 1 aromatic carbocycles. The highest BCUT2D eigenvalue weighted by Crippen LogP contribution is 2.24. The topological polar surface area (TPSA) is 63.1 Å². The van der Waals surface area contributed by atoms with Gasteiger partial charge >= 0.3 is 0 Å². The third-order valence-corrected chi connectivity index (χ3v) is 4.33. The summed E-state index contributed by atoms with van der Waals surface area (Å²) in [5.74, 6) is 0.850. The number of carbonyl (C=O) groups is 1. The second kappa shape index (κ2) is 7.00. The molecule has 7 heteroatoms. The highest BCUT2D eigenvalue weighted by Gasteiger charge is 2.21. The first-order valence-corrected chi connectivity index (χ1v) is 8.18. The summed E-state index contributed by atoms with van der Waals surface area (Å²) in [6, 6.07) is 5.33. The van der Waals surface area contributed by atoms with Crippen LogP contribution in [0.15, 0.2) is 24.5 Å². The van der Waals surface area contributed by atoms with Crippen LogP contribution in [0.25, 0.3) is 0 Å². The standard InChI is InChI=1S/C16H20ClN5O/c1-21-15(19-11-20-21)10-18-14-9-12(17)5-6-13(14)16(23)22-7-3-2-4-8-22/h5-6,9,11,18H,2-4,7-8,10H2,1H3. The summed E-state index contributed by atoms with van der Waals surface area (Å²) in [7, 11) is 1.84. The number of hydrogen-bond acceptors (Lipinski definition) is 4. The second-order valence-corrected chi connectivity index (χ2v) is 6.13. The van der Waals surface area contributed by atoms with E-state index in [0.717, 1.165) is 37.4 Å². The van der Waals surface area contributed by atoms with E-state index in [1.54, 1.807) is 22.9 Å². The van der Waals surface area contributed by atoms with E-state index in [1.807, 2.05) is 11.9 Å². The Labute approximate surface area is 140 Å². The molecule has 1 amide bonds. The van der Waals surface area contributed by atoms with Gasteiger partial charge in [-0.15, -0.1) is 0 Å². The Kier molecular flexibility index (Phi) is 4.81. The molecule has 6 nitrogen and oxygen atoms in total. The van der Waals surface area contributed by atoms with Crippen LogP contribution in [0.2, 0.25) is 5.02 Å². The predicted octanol–water partition coefficient (Wildman–Crippen LogP) is 2.71. The average Bonchev–Trinajstić information content (AvgIpc) is 2.98. The van der Waals surface area contributed by atoms with Crippen molar-refractivity contribution in [3.63, 3.8) is 0 Å². The van der Waals surface area contributed by atoms with Crippen molar-refractivity contribution >= 4 is 23.2 Å². The van der Waals surface area contributed by atoms with E-state index in [1.165, 1.54) is 12.7 Å². The molecule has 0 bridgehead atoms. The van der Waals surface area contributed by atoms with Crippen molar-refractivity contribution in [2.75, 3.05) is 18.4 Å². The molecule has 0 aliphatic carbocycles. The van der Waals surface area contributed by atoms with Crippen LogP contribution in [0, 0.1) is 0 Å². The van der Waals surface area contributed by atoms with E-state index in [-0.39, 0.29) is 5.91 Å². The first kappa shape index (κ1) is 15.8. The number of aryl methyl sites for hydroxylation is 1. The number of carbonyl (C=O) groups excluding carboxylic acids is 1. The summed E-state index contributed by atoms with van der Waals surface area (Å²) in [4.78, 5) is 18.9. The summed E-state index contributed by atoms with van der Waals surface area (Å²) in [5.41, 5.74) is 1.38. The summed E-state index contributed by atoms with van der Waals surface area (Å²) in [6.45, 7) is 2.13. The molecule has 0 spiro atoms. The quantitative estimate of drug-likeness (QED) is 0.934. The van der Waals surface area contributed by atoms with Crippen LogP contribution in [0.3, 0.4) is 0 Å². The van der Waals surface area contributed by atoms with Crippen molar-refractivity contribution in [2.24, 2.45) is 7.05 Å². The van der Waals surface area contributed by atoms with E-state index >= 15 is 0 Å². The minimum absolute atomic E-state index is 0.0573. The van der Waals surface area contributed by atoms with Crippen LogP contribution in [0.4, 0.5) is 5.69 Å². The van der Waals surface area contributed by atoms with Crippen molar-refractivity contribution in [2.45, 2.75) is 25.8 Å². The van der Waals surface area contributed by atoms with Gasteiger partial charge in [-0.05, 0) is 37.5 Å². The van der Waals surface area contributed by atoms with Crippen molar-refractivity contribution in [3.8, 4) is 0 Å². The van der Waals surface area contributed by atoms with Crippen LogP contribution >= 0.6 is 11.6 Å². The number of halogens is 1. The lowest BCUT2D eigenvalue weighted by Gasteiger charge is -2.27. The molecule has 1 N–H and O–H groups in total. The number of nitrogens with zero attached hydrogens (tertiary/aromatic N) is 4. The Morgan fingerprint density at radius 2 is 2.09 bits per heavy atom. The fraction of sp³-hybridized carbons (Fsp3) is 0.438. The molecule has 1 fully saturated rings. The van der Waals surface area contributed by atoms with Gasteiger partial charge in [-0.3, -0.25) is 9.48 Å². The van der Waals surface area contributed by atoms with Crippen molar-refractivity contribution < 1.29 is 4.79 Å². The minimum Gasteiger partial charge on any atom is -0.377 e. The number of piperidine rings is 1. The van der Waals surface area contributed by atoms with Crippen LogP contribution in [0.1, 0.15) is 35.4 Å². The van der Waals surface area contributed by atoms with Gasteiger partial charge in [0, 0.05) is 30.8 Å². The minimum atomic E-state index is 0.0573. The zero-order chi connectivity index (χ0) is 16.2. The third-order valence-electron chi connectivity index (χ3n) is 4.10. The van der Waals surface area contributed by atoms with Gasteiger partial charge in [0.25, 0.3) is 5.91 Å². The highest BCUT2D eigenvalue weighted by atomic mass is 35.5. The van der Waals surface area contributed by atoms with E-state index in [4.69, 9.17) is 11.6 Å². The van der Waals surface area contributed by atoms with Crippen molar-refractivity contribution in [3.05, 3.63) is 40.9 Å². The lowest BCUT2D eigenvalue weighted by atomic mass is 10.1. The van der Waals surface area contributed by atoms with Gasteiger partial charge in [-0.25, -0.2) is 4.98 Å². The van der Waals surface area contributed by atoms with Crippen LogP contribution < -0.4 is 5.32 Å². The summed E-state index contributed by atoms with van der Waals surface area (Å²) in [6.07, 6.45) is 4.85. The van der Waals surface area contributed by atoms with E-state index < -0.39 is 0 Å². The van der Waals surface area contributed by atoms with Gasteiger partial charge in [-0.1, -0.05) is 11.6 Å². The predicted molar refractivity (Wildman–Crippen MR) is 89.5 cm³/mol. The average molecular weight is 334 g/mol. The van der Waals surface area contributed by atoms with Gasteiger partial charge in [0.15, 0.2) is 0 Å². The second-order valence-electron chi connectivity index (χ2n) is 5.70. The first-order valence-electron chi connectivity index (χ1n) is 7.81. The van der Waals surface area contributed by atoms with E-state index in [2.05, 4.69) is 15.4 Å². The Morgan fingerprint density at radius 1 is 1.30 bits per heavy atom. The SMILES string of the molecule is Cn1ncnc1CNc1cc(Cl)ccc1C(=O)N1CCCCC1. The van der Waals surface area contributed by atoms with Gasteiger partial charge in [0.1, 0.15) is 12.2 Å². The molecule has 1 aliphatic heterocycles. The van der Waals surface area contributed by atoms with Gasteiger partial charge in [-0.2, -0.15) is 5.10 Å². The number of benzene rings is 1. The molecule has 1 saturated heterocycles. The highest BCUT2D eigenvalue weighted by molar-refractivity contribution is 6.31. The molecular weight excluding hydrogens is 314 g/mol. The fourth-order valence-corrected chi connectivity index (χ4v) is 2.94. The molecule has 0 atom stereocenters. The summed E-state index contributed by atoms with van der Waals surface area (Å²) in [5, 5.41) is 7.90. The zero-order valence-corrected chi connectivity index (χ0v) is 13.9. The molecule has 1 aromatic heterocycles. The Balaban J connectivity index is 1.79. The molecule has 0 radical (unpaired) electrons. The maximum Gasteiger partial charge on any atom is 0.255 e. The molecule has 23 heavy (non-hydrogen) atoms. The van der Waals surface area contributed by atoms with Gasteiger partial charge in [0.05, 0.1) is 12.1 Å². The Hall–Kier alpha value is -2.08. The van der Waals surface area contributed by atoms with E-state index in [9.17, 15) is 4.79 Å². The third kappa shape index (κ3) is 3.64. The molecular formula is C16H20ClN5O. The summed E-state index contributed by atoms with van der Waals surface area (Å²) < 4.78 is 1.70. The monoisotopic (exact) mass is 333 g/mol. The molecule has 1 aliphatic rings. The molecule has 2 heterocycles. The maximum atomic E-state index is 12.8. The number of nitrogens with one attached hydrogen (secondary N) is 1. The first-order chi connectivity index (χ1) is 11.1. The largest absolute Gasteiger partial charge is 0.377 e. The normalized spacial score (nSPS) is 14.8.